The van der Waals surface area contributed by atoms with Gasteiger partial charge in [-0.2, -0.15) is 0 Å². The fraction of sp³-hybridized carbons (Fsp3) is 0.500. The topological polar surface area (TPSA) is 39.2 Å². The van der Waals surface area contributed by atoms with E-state index in [0.717, 1.165) is 11.3 Å². The second-order valence-corrected chi connectivity index (χ2v) is 4.02. The molecule has 1 aromatic heterocycles. The lowest BCUT2D eigenvalue weighted by atomic mass is 10.1. The zero-order chi connectivity index (χ0) is 10.1. The molecule has 0 aliphatic carbocycles. The standard InChI is InChI=1S/C8H10FNO2S/c1-8(2,9)5-4-10-6(13-5)7(11)12-3/h4H,1-3H3. The second-order valence-electron chi connectivity index (χ2n) is 2.99. The minimum Gasteiger partial charge on any atom is -0.464 e. The van der Waals surface area contributed by atoms with E-state index in [1.54, 1.807) is 0 Å². The number of halogens is 1. The predicted molar refractivity (Wildman–Crippen MR) is 47.6 cm³/mol. The summed E-state index contributed by atoms with van der Waals surface area (Å²) >= 11 is 1.01. The minimum absolute atomic E-state index is 0.184. The number of ether oxygens (including phenoxy) is 1. The third-order valence-electron chi connectivity index (χ3n) is 1.45. The first-order valence-corrected chi connectivity index (χ1v) is 4.50. The van der Waals surface area contributed by atoms with E-state index in [-0.39, 0.29) is 5.01 Å². The van der Waals surface area contributed by atoms with Crippen LogP contribution in [-0.2, 0) is 10.4 Å². The third kappa shape index (κ3) is 2.24. The number of alkyl halides is 1. The third-order valence-corrected chi connectivity index (χ3v) is 2.73. The highest BCUT2D eigenvalue weighted by Crippen LogP contribution is 2.29. The number of hydrogen-bond donors (Lipinski definition) is 0. The van der Waals surface area contributed by atoms with E-state index in [9.17, 15) is 9.18 Å². The Balaban J connectivity index is 2.93. The van der Waals surface area contributed by atoms with Crippen molar-refractivity contribution in [2.75, 3.05) is 7.11 Å². The fourth-order valence-corrected chi connectivity index (χ4v) is 1.56. The Labute approximate surface area is 79.6 Å². The fourth-order valence-electron chi connectivity index (χ4n) is 0.731. The lowest BCUT2D eigenvalue weighted by Gasteiger charge is -2.09. The highest BCUT2D eigenvalue weighted by atomic mass is 32.1. The van der Waals surface area contributed by atoms with Gasteiger partial charge in [0, 0.05) is 6.20 Å². The number of esters is 1. The summed E-state index contributed by atoms with van der Waals surface area (Å²) < 4.78 is 17.8. The number of carbonyl (C=O) groups is 1. The van der Waals surface area contributed by atoms with E-state index in [4.69, 9.17) is 0 Å². The maximum atomic E-state index is 13.3. The van der Waals surface area contributed by atoms with Crippen LogP contribution in [-0.4, -0.2) is 18.1 Å². The van der Waals surface area contributed by atoms with Crippen molar-refractivity contribution in [2.24, 2.45) is 0 Å². The van der Waals surface area contributed by atoms with Crippen molar-refractivity contribution in [3.05, 3.63) is 16.1 Å². The molecule has 1 rings (SSSR count). The molecule has 0 spiro atoms. The molecule has 0 saturated heterocycles. The summed E-state index contributed by atoms with van der Waals surface area (Å²) in [6, 6.07) is 0. The molecule has 0 atom stereocenters. The van der Waals surface area contributed by atoms with Crippen molar-refractivity contribution in [2.45, 2.75) is 19.5 Å². The molecule has 1 aromatic rings. The molecular formula is C8H10FNO2S. The Morgan fingerprint density at radius 2 is 2.31 bits per heavy atom. The van der Waals surface area contributed by atoms with Crippen LogP contribution in [0, 0.1) is 0 Å². The first-order chi connectivity index (χ1) is 5.95. The first kappa shape index (κ1) is 10.1. The van der Waals surface area contributed by atoms with Gasteiger partial charge in [0.1, 0.15) is 5.67 Å². The van der Waals surface area contributed by atoms with Crippen molar-refractivity contribution in [1.29, 1.82) is 0 Å². The van der Waals surface area contributed by atoms with Gasteiger partial charge in [0.05, 0.1) is 12.0 Å². The first-order valence-electron chi connectivity index (χ1n) is 3.68. The Kier molecular flexibility index (Phi) is 2.66. The lowest BCUT2D eigenvalue weighted by Crippen LogP contribution is -2.05. The molecule has 0 fully saturated rings. The van der Waals surface area contributed by atoms with Gasteiger partial charge in [-0.1, -0.05) is 0 Å². The molecule has 3 nitrogen and oxygen atoms in total. The summed E-state index contributed by atoms with van der Waals surface area (Å²) in [6.07, 6.45) is 1.36. The number of nitrogens with zero attached hydrogens (tertiary/aromatic N) is 1. The van der Waals surface area contributed by atoms with Gasteiger partial charge in [0.15, 0.2) is 0 Å². The molecule has 5 heteroatoms. The van der Waals surface area contributed by atoms with Crippen molar-refractivity contribution < 1.29 is 13.9 Å². The van der Waals surface area contributed by atoms with Crippen LogP contribution in [0.1, 0.15) is 28.5 Å². The lowest BCUT2D eigenvalue weighted by molar-refractivity contribution is 0.0600. The number of hydrogen-bond acceptors (Lipinski definition) is 4. The Morgan fingerprint density at radius 3 is 2.69 bits per heavy atom. The summed E-state index contributed by atoms with van der Waals surface area (Å²) in [4.78, 5) is 15.1. The van der Waals surface area contributed by atoms with Gasteiger partial charge in [-0.05, 0) is 13.8 Å². The van der Waals surface area contributed by atoms with E-state index in [2.05, 4.69) is 9.72 Å². The maximum absolute atomic E-state index is 13.3. The van der Waals surface area contributed by atoms with Crippen LogP contribution in [0.3, 0.4) is 0 Å². The quantitative estimate of drug-likeness (QED) is 0.691. The summed E-state index contributed by atoms with van der Waals surface area (Å²) in [5.74, 6) is -0.527. The van der Waals surface area contributed by atoms with Crippen LogP contribution in [0.15, 0.2) is 6.20 Å². The van der Waals surface area contributed by atoms with Crippen LogP contribution in [0.5, 0.6) is 0 Å². The molecule has 13 heavy (non-hydrogen) atoms. The van der Waals surface area contributed by atoms with Crippen LogP contribution < -0.4 is 0 Å². The molecular weight excluding hydrogens is 193 g/mol. The summed E-state index contributed by atoms with van der Waals surface area (Å²) in [7, 11) is 1.27. The van der Waals surface area contributed by atoms with Crippen LogP contribution in [0.25, 0.3) is 0 Å². The maximum Gasteiger partial charge on any atom is 0.367 e. The zero-order valence-corrected chi connectivity index (χ0v) is 8.44. The minimum atomic E-state index is -1.45. The molecule has 0 aliphatic rings. The number of thiazole rings is 1. The van der Waals surface area contributed by atoms with Gasteiger partial charge in [0.25, 0.3) is 0 Å². The van der Waals surface area contributed by atoms with Crippen LogP contribution in [0.2, 0.25) is 0 Å². The van der Waals surface area contributed by atoms with Crippen molar-refractivity contribution in [3.63, 3.8) is 0 Å². The van der Waals surface area contributed by atoms with Crippen LogP contribution >= 0.6 is 11.3 Å². The normalized spacial score (nSPS) is 11.4. The van der Waals surface area contributed by atoms with Gasteiger partial charge in [-0.3, -0.25) is 0 Å². The van der Waals surface area contributed by atoms with Gasteiger partial charge in [-0.15, -0.1) is 11.3 Å². The highest BCUT2D eigenvalue weighted by molar-refractivity contribution is 7.13. The van der Waals surface area contributed by atoms with Gasteiger partial charge >= 0.3 is 5.97 Å². The molecule has 0 radical (unpaired) electrons. The van der Waals surface area contributed by atoms with E-state index >= 15 is 0 Å². The Bertz CT molecular complexity index is 316. The predicted octanol–water partition coefficient (Wildman–Crippen LogP) is 2.13. The molecule has 0 N–H and O–H groups in total. The monoisotopic (exact) mass is 203 g/mol. The number of rotatable bonds is 2. The van der Waals surface area contributed by atoms with Gasteiger partial charge in [0.2, 0.25) is 5.01 Å². The largest absolute Gasteiger partial charge is 0.464 e. The zero-order valence-electron chi connectivity index (χ0n) is 7.63. The molecule has 0 amide bonds. The molecule has 0 aromatic carbocycles. The van der Waals surface area contributed by atoms with Gasteiger partial charge in [-0.25, -0.2) is 14.2 Å². The van der Waals surface area contributed by atoms with Crippen LogP contribution in [0.4, 0.5) is 4.39 Å². The Morgan fingerprint density at radius 1 is 1.69 bits per heavy atom. The molecule has 0 saturated carbocycles. The van der Waals surface area contributed by atoms with E-state index < -0.39 is 11.6 Å². The number of methoxy groups -OCH3 is 1. The van der Waals surface area contributed by atoms with Crippen molar-refractivity contribution >= 4 is 17.3 Å². The number of aromatic nitrogens is 1. The van der Waals surface area contributed by atoms with E-state index in [0.29, 0.717) is 4.88 Å². The summed E-state index contributed by atoms with van der Waals surface area (Å²) in [6.45, 7) is 2.84. The smallest absolute Gasteiger partial charge is 0.367 e. The second kappa shape index (κ2) is 3.41. The highest BCUT2D eigenvalue weighted by Gasteiger charge is 2.23. The summed E-state index contributed by atoms with van der Waals surface area (Å²) in [5.41, 5.74) is -1.45. The number of carbonyl (C=O) groups excluding carboxylic acids is 1. The average Bonchev–Trinajstić information content (AvgIpc) is 2.50. The van der Waals surface area contributed by atoms with Gasteiger partial charge < -0.3 is 4.74 Å². The molecule has 1 heterocycles. The molecule has 72 valence electrons. The van der Waals surface area contributed by atoms with E-state index in [1.807, 2.05) is 0 Å². The summed E-state index contributed by atoms with van der Waals surface area (Å²) in [5, 5.41) is 0.184. The Hall–Kier alpha value is -0.970. The molecule has 0 unspecified atom stereocenters. The van der Waals surface area contributed by atoms with Crippen molar-refractivity contribution in [1.82, 2.24) is 4.98 Å². The SMILES string of the molecule is COC(=O)c1ncc(C(C)(C)F)s1. The molecule has 0 bridgehead atoms. The van der Waals surface area contributed by atoms with E-state index in [1.165, 1.54) is 27.2 Å². The molecule has 0 aliphatic heterocycles. The average molecular weight is 203 g/mol. The van der Waals surface area contributed by atoms with Crippen molar-refractivity contribution in [3.8, 4) is 0 Å².